The molecular formula is C16H23ClO4. The summed E-state index contributed by atoms with van der Waals surface area (Å²) in [5, 5.41) is 0.467. The smallest absolute Gasteiger partial charge is 0.310 e. The van der Waals surface area contributed by atoms with Crippen molar-refractivity contribution in [3.05, 3.63) is 22.7 Å². The normalized spacial score (nSPS) is 10.9. The first-order valence-electron chi connectivity index (χ1n) is 7.14. The van der Waals surface area contributed by atoms with E-state index in [-0.39, 0.29) is 24.6 Å². The minimum absolute atomic E-state index is 0.00358. The minimum atomic E-state index is -0.313. The quantitative estimate of drug-likeness (QED) is 0.713. The van der Waals surface area contributed by atoms with Gasteiger partial charge in [-0.3, -0.25) is 4.79 Å². The van der Waals surface area contributed by atoms with Crippen molar-refractivity contribution in [2.75, 3.05) is 6.61 Å². The van der Waals surface area contributed by atoms with Crippen LogP contribution in [0, 0.1) is 0 Å². The highest BCUT2D eigenvalue weighted by Crippen LogP contribution is 2.35. The van der Waals surface area contributed by atoms with Crippen molar-refractivity contribution in [1.29, 1.82) is 0 Å². The SMILES string of the molecule is CCOC(=O)Cc1cc(OC(C)C)c(OC(C)C)cc1Cl. The second-order valence-corrected chi connectivity index (χ2v) is 5.61. The number of rotatable bonds is 7. The molecule has 0 aliphatic heterocycles. The Morgan fingerprint density at radius 2 is 1.62 bits per heavy atom. The zero-order valence-corrected chi connectivity index (χ0v) is 14.0. The van der Waals surface area contributed by atoms with Crippen LogP contribution in [0.25, 0.3) is 0 Å². The maximum absolute atomic E-state index is 11.6. The van der Waals surface area contributed by atoms with Crippen LogP contribution in [0.3, 0.4) is 0 Å². The van der Waals surface area contributed by atoms with Gasteiger partial charge in [0.15, 0.2) is 11.5 Å². The second kappa shape index (κ2) is 8.13. The third-order valence-corrected chi connectivity index (χ3v) is 2.83. The molecule has 5 heteroatoms. The molecule has 0 radical (unpaired) electrons. The van der Waals surface area contributed by atoms with Crippen molar-refractivity contribution in [3.8, 4) is 11.5 Å². The average molecular weight is 315 g/mol. The Kier molecular flexibility index (Phi) is 6.82. The second-order valence-electron chi connectivity index (χ2n) is 5.21. The summed E-state index contributed by atoms with van der Waals surface area (Å²) in [6, 6.07) is 3.44. The molecule has 1 aromatic rings. The molecule has 0 atom stereocenters. The summed E-state index contributed by atoms with van der Waals surface area (Å²) in [5.74, 6) is 0.853. The Morgan fingerprint density at radius 3 is 2.10 bits per heavy atom. The third-order valence-electron chi connectivity index (χ3n) is 2.48. The molecule has 1 aromatic carbocycles. The van der Waals surface area contributed by atoms with Crippen LogP contribution in [0.1, 0.15) is 40.2 Å². The topological polar surface area (TPSA) is 44.8 Å². The fourth-order valence-electron chi connectivity index (χ4n) is 1.77. The van der Waals surface area contributed by atoms with Crippen molar-refractivity contribution >= 4 is 17.6 Å². The van der Waals surface area contributed by atoms with Gasteiger partial charge in [-0.1, -0.05) is 11.6 Å². The summed E-state index contributed by atoms with van der Waals surface area (Å²) in [4.78, 5) is 11.6. The van der Waals surface area contributed by atoms with Crippen LogP contribution < -0.4 is 9.47 Å². The lowest BCUT2D eigenvalue weighted by atomic mass is 10.1. The Morgan fingerprint density at radius 1 is 1.10 bits per heavy atom. The summed E-state index contributed by atoms with van der Waals surface area (Å²) in [5.41, 5.74) is 0.668. The lowest BCUT2D eigenvalue weighted by Gasteiger charge is -2.18. The molecule has 1 rings (SSSR count). The molecule has 0 aliphatic carbocycles. The van der Waals surface area contributed by atoms with Crippen LogP contribution in [-0.4, -0.2) is 24.8 Å². The summed E-state index contributed by atoms with van der Waals surface area (Å²) in [7, 11) is 0. The van der Waals surface area contributed by atoms with Gasteiger partial charge in [-0.2, -0.15) is 0 Å². The third kappa shape index (κ3) is 5.84. The van der Waals surface area contributed by atoms with Gasteiger partial charge in [0, 0.05) is 11.1 Å². The van der Waals surface area contributed by atoms with E-state index in [1.165, 1.54) is 0 Å². The molecule has 0 N–H and O–H groups in total. The minimum Gasteiger partial charge on any atom is -0.487 e. The Labute approximate surface area is 131 Å². The largest absolute Gasteiger partial charge is 0.487 e. The molecule has 0 aromatic heterocycles. The van der Waals surface area contributed by atoms with Gasteiger partial charge in [-0.05, 0) is 46.2 Å². The van der Waals surface area contributed by atoms with Crippen molar-refractivity contribution in [1.82, 2.24) is 0 Å². The Balaban J connectivity index is 3.07. The zero-order valence-electron chi connectivity index (χ0n) is 13.2. The first-order valence-corrected chi connectivity index (χ1v) is 7.52. The van der Waals surface area contributed by atoms with Crippen LogP contribution in [0.5, 0.6) is 11.5 Å². The van der Waals surface area contributed by atoms with Crippen molar-refractivity contribution in [3.63, 3.8) is 0 Å². The van der Waals surface area contributed by atoms with Crippen molar-refractivity contribution < 1.29 is 19.0 Å². The highest BCUT2D eigenvalue weighted by Gasteiger charge is 2.16. The first-order chi connectivity index (χ1) is 9.83. The summed E-state index contributed by atoms with van der Waals surface area (Å²) >= 11 is 6.22. The molecule has 0 fully saturated rings. The van der Waals surface area contributed by atoms with E-state index in [0.717, 1.165) is 0 Å². The molecule has 0 aliphatic rings. The van der Waals surface area contributed by atoms with Crippen LogP contribution in [0.4, 0.5) is 0 Å². The van der Waals surface area contributed by atoms with E-state index in [0.29, 0.717) is 28.7 Å². The van der Waals surface area contributed by atoms with Crippen molar-refractivity contribution in [2.24, 2.45) is 0 Å². The number of ether oxygens (including phenoxy) is 3. The highest BCUT2D eigenvalue weighted by atomic mass is 35.5. The zero-order chi connectivity index (χ0) is 16.0. The van der Waals surface area contributed by atoms with Gasteiger partial charge in [-0.25, -0.2) is 0 Å². The molecular weight excluding hydrogens is 292 g/mol. The molecule has 21 heavy (non-hydrogen) atoms. The number of halogens is 1. The Hall–Kier alpha value is -1.42. The predicted octanol–water partition coefficient (Wildman–Crippen LogP) is 4.02. The predicted molar refractivity (Wildman–Crippen MR) is 83.3 cm³/mol. The van der Waals surface area contributed by atoms with Gasteiger partial charge < -0.3 is 14.2 Å². The molecule has 4 nitrogen and oxygen atoms in total. The number of carbonyl (C=O) groups excluding carboxylic acids is 1. The van der Waals surface area contributed by atoms with E-state index in [2.05, 4.69) is 0 Å². The Bertz CT molecular complexity index is 483. The van der Waals surface area contributed by atoms with E-state index in [1.807, 2.05) is 27.7 Å². The molecule has 0 unspecified atom stereocenters. The van der Waals surface area contributed by atoms with Crippen LogP contribution in [0.15, 0.2) is 12.1 Å². The van der Waals surface area contributed by atoms with E-state index < -0.39 is 0 Å². The van der Waals surface area contributed by atoms with Gasteiger partial charge in [-0.15, -0.1) is 0 Å². The van der Waals surface area contributed by atoms with E-state index in [4.69, 9.17) is 25.8 Å². The number of benzene rings is 1. The molecule has 0 heterocycles. The van der Waals surface area contributed by atoms with Gasteiger partial charge in [0.25, 0.3) is 0 Å². The number of carbonyl (C=O) groups is 1. The summed E-state index contributed by atoms with van der Waals surface area (Å²) in [6.45, 7) is 9.84. The highest BCUT2D eigenvalue weighted by molar-refractivity contribution is 6.31. The number of hydrogen-bond donors (Lipinski definition) is 0. The maximum atomic E-state index is 11.6. The fourth-order valence-corrected chi connectivity index (χ4v) is 1.99. The van der Waals surface area contributed by atoms with Gasteiger partial charge in [0.1, 0.15) is 0 Å². The average Bonchev–Trinajstić information content (AvgIpc) is 2.33. The van der Waals surface area contributed by atoms with Crippen LogP contribution in [0.2, 0.25) is 5.02 Å². The number of hydrogen-bond acceptors (Lipinski definition) is 4. The maximum Gasteiger partial charge on any atom is 0.310 e. The van der Waals surface area contributed by atoms with Crippen molar-refractivity contribution in [2.45, 2.75) is 53.2 Å². The van der Waals surface area contributed by atoms with Gasteiger partial charge >= 0.3 is 5.97 Å². The summed E-state index contributed by atoms with van der Waals surface area (Å²) < 4.78 is 16.4. The fraction of sp³-hybridized carbons (Fsp3) is 0.562. The monoisotopic (exact) mass is 314 g/mol. The van der Waals surface area contributed by atoms with Gasteiger partial charge in [0.05, 0.1) is 25.2 Å². The van der Waals surface area contributed by atoms with Gasteiger partial charge in [0.2, 0.25) is 0 Å². The molecule has 0 saturated heterocycles. The molecule has 118 valence electrons. The van der Waals surface area contributed by atoms with Crippen LogP contribution >= 0.6 is 11.6 Å². The lowest BCUT2D eigenvalue weighted by Crippen LogP contribution is -2.12. The van der Waals surface area contributed by atoms with E-state index in [1.54, 1.807) is 19.1 Å². The standard InChI is InChI=1S/C16H23ClO4/c1-6-19-16(18)8-12-7-14(20-10(2)3)15(9-13(12)17)21-11(4)5/h7,9-11H,6,8H2,1-5H3. The number of esters is 1. The van der Waals surface area contributed by atoms with E-state index >= 15 is 0 Å². The van der Waals surface area contributed by atoms with Crippen LogP contribution in [-0.2, 0) is 16.0 Å². The molecule has 0 bridgehead atoms. The summed E-state index contributed by atoms with van der Waals surface area (Å²) in [6.07, 6.45) is 0.117. The van der Waals surface area contributed by atoms with E-state index in [9.17, 15) is 4.79 Å². The molecule has 0 spiro atoms. The molecule has 0 saturated carbocycles. The first kappa shape index (κ1) is 17.6. The molecule has 0 amide bonds. The lowest BCUT2D eigenvalue weighted by molar-refractivity contribution is -0.142.